The van der Waals surface area contributed by atoms with E-state index in [2.05, 4.69) is 15.0 Å². The van der Waals surface area contributed by atoms with E-state index in [0.29, 0.717) is 24.1 Å². The fraction of sp³-hybridized carbons (Fsp3) is 0.519. The highest BCUT2D eigenvalue weighted by Gasteiger charge is 2.64. The molecular weight excluding hydrogens is 532 g/mol. The number of benzene rings is 1. The minimum Gasteiger partial charge on any atom is -0.466 e. The first-order valence-corrected chi connectivity index (χ1v) is 14.3. The molecule has 12 heteroatoms. The molecule has 212 valence electrons. The van der Waals surface area contributed by atoms with Gasteiger partial charge in [0.1, 0.15) is 11.1 Å². The highest BCUT2D eigenvalue weighted by molar-refractivity contribution is 7.90. The first-order chi connectivity index (χ1) is 18.3. The van der Waals surface area contributed by atoms with Gasteiger partial charge in [0.15, 0.2) is 0 Å². The van der Waals surface area contributed by atoms with Crippen LogP contribution in [-0.2, 0) is 29.8 Å². The molecule has 0 bridgehead atoms. The number of sulfonamides is 1. The number of anilines is 1. The maximum atomic E-state index is 13.9. The summed E-state index contributed by atoms with van der Waals surface area (Å²) in [6, 6.07) is 10.3. The van der Waals surface area contributed by atoms with Crippen LogP contribution in [-0.4, -0.2) is 60.6 Å². The molecule has 2 aromatic rings. The van der Waals surface area contributed by atoms with Crippen molar-refractivity contribution in [3.05, 3.63) is 53.2 Å². The number of ether oxygens (including phenoxy) is 2. The lowest BCUT2D eigenvalue weighted by Crippen LogP contribution is -2.68. The molecule has 2 fully saturated rings. The van der Waals surface area contributed by atoms with Gasteiger partial charge in [-0.15, -0.1) is 0 Å². The lowest BCUT2D eigenvalue weighted by atomic mass is 9.71. The van der Waals surface area contributed by atoms with Crippen molar-refractivity contribution in [3.8, 4) is 5.88 Å². The second-order valence-electron chi connectivity index (χ2n) is 10.4. The molecule has 39 heavy (non-hydrogen) atoms. The second kappa shape index (κ2) is 10.8. The van der Waals surface area contributed by atoms with Crippen molar-refractivity contribution in [1.82, 2.24) is 9.29 Å². The Balaban J connectivity index is 1.68. The van der Waals surface area contributed by atoms with Gasteiger partial charge in [-0.1, -0.05) is 38.1 Å². The quantitative estimate of drug-likeness (QED) is 0.408. The van der Waals surface area contributed by atoms with Crippen LogP contribution in [0.3, 0.4) is 0 Å². The van der Waals surface area contributed by atoms with Gasteiger partial charge in [0, 0.05) is 18.8 Å². The van der Waals surface area contributed by atoms with E-state index in [9.17, 15) is 26.8 Å². The molecule has 1 aromatic heterocycles. The summed E-state index contributed by atoms with van der Waals surface area (Å²) >= 11 is 0. The lowest BCUT2D eigenvalue weighted by molar-refractivity contribution is -0.143. The van der Waals surface area contributed by atoms with Crippen molar-refractivity contribution >= 4 is 27.6 Å². The zero-order valence-electron chi connectivity index (χ0n) is 22.4. The van der Waals surface area contributed by atoms with E-state index in [1.165, 1.54) is 10.4 Å². The zero-order chi connectivity index (χ0) is 28.6. The smallest absolute Gasteiger partial charge is 0.388 e. The van der Waals surface area contributed by atoms with Crippen molar-refractivity contribution in [2.24, 2.45) is 0 Å². The van der Waals surface area contributed by atoms with Crippen LogP contribution in [0.2, 0.25) is 0 Å². The van der Waals surface area contributed by atoms with E-state index in [4.69, 9.17) is 4.74 Å². The zero-order valence-corrected chi connectivity index (χ0v) is 23.2. The van der Waals surface area contributed by atoms with Gasteiger partial charge in [0.2, 0.25) is 21.8 Å². The molecule has 4 rings (SSSR count). The number of halogens is 2. The van der Waals surface area contributed by atoms with E-state index in [0.717, 1.165) is 5.56 Å². The summed E-state index contributed by atoms with van der Waals surface area (Å²) in [5.74, 6) is -1.55. The van der Waals surface area contributed by atoms with Crippen molar-refractivity contribution < 1.29 is 36.3 Å². The van der Waals surface area contributed by atoms with Gasteiger partial charge < -0.3 is 14.8 Å². The Bertz CT molecular complexity index is 1360. The number of aryl methyl sites for hydroxylation is 1. The average molecular weight is 566 g/mol. The van der Waals surface area contributed by atoms with Gasteiger partial charge >= 0.3 is 12.6 Å². The largest absolute Gasteiger partial charge is 0.466 e. The molecule has 1 aliphatic heterocycles. The van der Waals surface area contributed by atoms with Crippen LogP contribution in [0.1, 0.15) is 62.8 Å². The number of nitrogens with zero attached hydrogens (tertiary/aromatic N) is 2. The van der Waals surface area contributed by atoms with Gasteiger partial charge in [-0.3, -0.25) is 9.59 Å². The minimum atomic E-state index is -3.94. The Morgan fingerprint density at radius 3 is 2.38 bits per heavy atom. The number of carbonyl (C=O) groups is 2. The Morgan fingerprint density at radius 2 is 1.79 bits per heavy atom. The van der Waals surface area contributed by atoms with Crippen molar-refractivity contribution in [2.45, 2.75) is 69.6 Å². The summed E-state index contributed by atoms with van der Waals surface area (Å²) in [6.45, 7) is 3.86. The lowest BCUT2D eigenvalue weighted by Gasteiger charge is -2.50. The molecule has 1 N–H and O–H groups in total. The number of carbonyl (C=O) groups excluding carboxylic acids is 2. The number of aromatic nitrogens is 1. The molecule has 1 amide bonds. The highest BCUT2D eigenvalue weighted by atomic mass is 32.2. The van der Waals surface area contributed by atoms with Crippen LogP contribution in [0, 0.1) is 6.92 Å². The number of rotatable bonds is 11. The molecule has 0 spiro atoms. The summed E-state index contributed by atoms with van der Waals surface area (Å²) < 4.78 is 62.9. The van der Waals surface area contributed by atoms with Crippen molar-refractivity contribution in [2.75, 3.05) is 25.0 Å². The molecule has 1 saturated carbocycles. The normalized spacial score (nSPS) is 17.9. The van der Waals surface area contributed by atoms with Gasteiger partial charge in [0.05, 0.1) is 17.8 Å². The van der Waals surface area contributed by atoms with E-state index in [1.54, 1.807) is 32.0 Å². The standard InChI is InChI=1S/C27H33F2N3O6S/c1-5-37-22(33)14-26(12-13-26)39(35,36)32-15-27(16-32,20-9-7-6-8-19(20)17(2)3)24(34)31-21-11-10-18(4)30-23(21)38-25(28)29/h6-11,17,25H,5,12-16H2,1-4H3,(H,31,34). The number of amides is 1. The molecule has 0 unspecified atom stereocenters. The summed E-state index contributed by atoms with van der Waals surface area (Å²) in [7, 11) is -3.94. The monoisotopic (exact) mass is 565 g/mol. The van der Waals surface area contributed by atoms with E-state index in [-0.39, 0.29) is 37.7 Å². The predicted octanol–water partition coefficient (Wildman–Crippen LogP) is 4.12. The Morgan fingerprint density at radius 1 is 1.13 bits per heavy atom. The predicted molar refractivity (Wildman–Crippen MR) is 140 cm³/mol. The third kappa shape index (κ3) is 5.49. The van der Waals surface area contributed by atoms with Gasteiger partial charge in [-0.25, -0.2) is 13.4 Å². The van der Waals surface area contributed by atoms with E-state index < -0.39 is 44.6 Å². The summed E-state index contributed by atoms with van der Waals surface area (Å²) in [6.07, 6.45) is 0.413. The third-order valence-electron chi connectivity index (χ3n) is 7.34. The molecule has 0 atom stereocenters. The fourth-order valence-corrected chi connectivity index (χ4v) is 7.30. The Kier molecular flexibility index (Phi) is 8.00. The van der Waals surface area contributed by atoms with Crippen LogP contribution in [0.4, 0.5) is 14.5 Å². The number of alkyl halides is 2. The molecule has 2 heterocycles. The molecule has 2 aliphatic rings. The maximum absolute atomic E-state index is 13.9. The molecular formula is C27H33F2N3O6S. The molecule has 1 aliphatic carbocycles. The summed E-state index contributed by atoms with van der Waals surface area (Å²) in [5.41, 5.74) is 0.579. The Hall–Kier alpha value is -3.12. The molecule has 1 aromatic carbocycles. The van der Waals surface area contributed by atoms with E-state index >= 15 is 0 Å². The summed E-state index contributed by atoms with van der Waals surface area (Å²) in [4.78, 5) is 30.1. The topological polar surface area (TPSA) is 115 Å². The van der Waals surface area contributed by atoms with Gasteiger partial charge in [0.25, 0.3) is 0 Å². The van der Waals surface area contributed by atoms with Crippen LogP contribution < -0.4 is 10.1 Å². The minimum absolute atomic E-state index is 0.0221. The van der Waals surface area contributed by atoms with Crippen LogP contribution in [0.25, 0.3) is 0 Å². The first-order valence-electron chi connectivity index (χ1n) is 12.8. The molecule has 9 nitrogen and oxygen atoms in total. The summed E-state index contributed by atoms with van der Waals surface area (Å²) in [5, 5.41) is 2.67. The van der Waals surface area contributed by atoms with Crippen molar-refractivity contribution in [3.63, 3.8) is 0 Å². The number of hydrogen-bond acceptors (Lipinski definition) is 7. The molecule has 1 saturated heterocycles. The third-order valence-corrected chi connectivity index (χ3v) is 9.93. The number of nitrogens with one attached hydrogen (secondary N) is 1. The molecule has 0 radical (unpaired) electrons. The SMILES string of the molecule is CCOC(=O)CC1(S(=O)(=O)N2CC(C(=O)Nc3ccc(C)nc3OC(F)F)(c3ccccc3C(C)C)C2)CC1. The van der Waals surface area contributed by atoms with Gasteiger partial charge in [-0.05, 0) is 55.9 Å². The van der Waals surface area contributed by atoms with Gasteiger partial charge in [-0.2, -0.15) is 13.1 Å². The van der Waals surface area contributed by atoms with Crippen LogP contribution in [0.5, 0.6) is 5.88 Å². The highest BCUT2D eigenvalue weighted by Crippen LogP contribution is 2.52. The second-order valence-corrected chi connectivity index (χ2v) is 12.7. The van der Waals surface area contributed by atoms with Crippen molar-refractivity contribution in [1.29, 1.82) is 0 Å². The maximum Gasteiger partial charge on any atom is 0.388 e. The fourth-order valence-electron chi connectivity index (χ4n) is 5.06. The first kappa shape index (κ1) is 28.9. The average Bonchev–Trinajstić information content (AvgIpc) is 3.61. The van der Waals surface area contributed by atoms with Crippen LogP contribution >= 0.6 is 0 Å². The number of pyridine rings is 1. The number of hydrogen-bond donors (Lipinski definition) is 1. The van der Waals surface area contributed by atoms with E-state index in [1.807, 2.05) is 26.0 Å². The Labute approximate surface area is 226 Å². The number of esters is 1. The van der Waals surface area contributed by atoms with Crippen LogP contribution in [0.15, 0.2) is 36.4 Å².